The van der Waals surface area contributed by atoms with Crippen molar-refractivity contribution < 1.29 is 0 Å². The molecule has 13 heavy (non-hydrogen) atoms. The predicted octanol–water partition coefficient (Wildman–Crippen LogP) is 1.63. The highest BCUT2D eigenvalue weighted by atomic mass is 32.2. The lowest BCUT2D eigenvalue weighted by molar-refractivity contribution is 0.537. The third-order valence-corrected chi connectivity index (χ3v) is 3.87. The first-order valence-corrected chi connectivity index (χ1v) is 5.65. The van der Waals surface area contributed by atoms with Crippen LogP contribution >= 0.6 is 11.8 Å². The van der Waals surface area contributed by atoms with E-state index in [0.717, 1.165) is 17.5 Å². The molecule has 1 aromatic rings. The van der Waals surface area contributed by atoms with Crippen LogP contribution in [0.25, 0.3) is 0 Å². The third kappa shape index (κ3) is 2.25. The van der Waals surface area contributed by atoms with Crippen LogP contribution in [-0.2, 0) is 0 Å². The third-order valence-electron chi connectivity index (χ3n) is 2.62. The van der Waals surface area contributed by atoms with Gasteiger partial charge in [0, 0.05) is 18.1 Å². The Balaban J connectivity index is 1.79. The largest absolute Gasteiger partial charge is 0.340 e. The van der Waals surface area contributed by atoms with Crippen molar-refractivity contribution in [2.45, 2.75) is 24.4 Å². The van der Waals surface area contributed by atoms with Crippen molar-refractivity contribution in [1.29, 1.82) is 0 Å². The van der Waals surface area contributed by atoms with Gasteiger partial charge in [0.05, 0.1) is 0 Å². The van der Waals surface area contributed by atoms with Gasteiger partial charge < -0.3 is 10.7 Å². The molecule has 0 amide bonds. The van der Waals surface area contributed by atoms with Crippen molar-refractivity contribution in [3.8, 4) is 0 Å². The molecule has 3 N–H and O–H groups in total. The molecular formula is C9H15N3S. The zero-order valence-corrected chi connectivity index (χ0v) is 8.44. The second-order valence-electron chi connectivity index (χ2n) is 3.72. The van der Waals surface area contributed by atoms with Gasteiger partial charge in [-0.2, -0.15) is 0 Å². The van der Waals surface area contributed by atoms with E-state index in [4.69, 9.17) is 5.73 Å². The molecule has 0 atom stereocenters. The van der Waals surface area contributed by atoms with Crippen LogP contribution in [0.5, 0.6) is 0 Å². The Morgan fingerprint density at radius 3 is 3.00 bits per heavy atom. The van der Waals surface area contributed by atoms with Gasteiger partial charge in [0.25, 0.3) is 0 Å². The lowest BCUT2D eigenvalue weighted by Crippen LogP contribution is -2.11. The van der Waals surface area contributed by atoms with Gasteiger partial charge in [-0.3, -0.25) is 0 Å². The van der Waals surface area contributed by atoms with Crippen LogP contribution in [0.4, 0.5) is 0 Å². The number of hydrogen-bond acceptors (Lipinski definition) is 3. The van der Waals surface area contributed by atoms with Crippen LogP contribution in [0.3, 0.4) is 0 Å². The maximum Gasteiger partial charge on any atom is 0.165 e. The van der Waals surface area contributed by atoms with Crippen molar-refractivity contribution in [2.24, 2.45) is 11.1 Å². The van der Waals surface area contributed by atoms with E-state index in [1.807, 2.05) is 18.0 Å². The van der Waals surface area contributed by atoms with Gasteiger partial charge in [-0.25, -0.2) is 4.98 Å². The number of aromatic amines is 1. The summed E-state index contributed by atoms with van der Waals surface area (Å²) in [6.45, 7) is 0.818. The van der Waals surface area contributed by atoms with Crippen LogP contribution in [-0.4, -0.2) is 22.3 Å². The summed E-state index contributed by atoms with van der Waals surface area (Å²) in [5.41, 5.74) is 6.12. The lowest BCUT2D eigenvalue weighted by atomic mass is 10.1. The topological polar surface area (TPSA) is 54.7 Å². The van der Waals surface area contributed by atoms with Gasteiger partial charge >= 0.3 is 0 Å². The second-order valence-corrected chi connectivity index (χ2v) is 4.69. The zero-order chi connectivity index (χ0) is 9.15. The highest BCUT2D eigenvalue weighted by Gasteiger charge is 2.41. The molecule has 0 aliphatic heterocycles. The van der Waals surface area contributed by atoms with E-state index in [1.54, 1.807) is 6.20 Å². The Labute approximate surface area is 82.5 Å². The Morgan fingerprint density at radius 1 is 1.62 bits per heavy atom. The van der Waals surface area contributed by atoms with Crippen LogP contribution in [0.2, 0.25) is 0 Å². The number of thioether (sulfide) groups is 1. The van der Waals surface area contributed by atoms with Gasteiger partial charge in [0.1, 0.15) is 0 Å². The summed E-state index contributed by atoms with van der Waals surface area (Å²) >= 11 is 1.81. The average molecular weight is 197 g/mol. The van der Waals surface area contributed by atoms with Gasteiger partial charge in [-0.15, -0.1) is 0 Å². The summed E-state index contributed by atoms with van der Waals surface area (Å²) in [6.07, 6.45) is 7.52. The molecule has 0 radical (unpaired) electrons. The smallest absolute Gasteiger partial charge is 0.165 e. The molecule has 0 aromatic carbocycles. The number of nitrogens with two attached hydrogens (primary N) is 1. The molecule has 1 heterocycles. The molecule has 1 saturated carbocycles. The Kier molecular flexibility index (Phi) is 2.60. The molecule has 1 aliphatic carbocycles. The van der Waals surface area contributed by atoms with Gasteiger partial charge in [-0.05, 0) is 31.2 Å². The lowest BCUT2D eigenvalue weighted by Gasteiger charge is -2.11. The minimum atomic E-state index is 0.548. The Bertz CT molecular complexity index is 254. The molecule has 0 spiro atoms. The number of rotatable bonds is 5. The van der Waals surface area contributed by atoms with E-state index < -0.39 is 0 Å². The summed E-state index contributed by atoms with van der Waals surface area (Å²) in [5.74, 6) is 1.16. The molecule has 72 valence electrons. The second kappa shape index (κ2) is 3.72. The minimum absolute atomic E-state index is 0.548. The van der Waals surface area contributed by atoms with Crippen LogP contribution in [0.1, 0.15) is 19.3 Å². The molecule has 0 unspecified atom stereocenters. The number of imidazole rings is 1. The number of nitrogens with one attached hydrogen (secondary N) is 1. The summed E-state index contributed by atoms with van der Waals surface area (Å²) < 4.78 is 0. The average Bonchev–Trinajstić information content (AvgIpc) is 2.71. The Morgan fingerprint density at radius 2 is 2.46 bits per heavy atom. The van der Waals surface area contributed by atoms with E-state index in [2.05, 4.69) is 9.97 Å². The first kappa shape index (κ1) is 9.09. The minimum Gasteiger partial charge on any atom is -0.340 e. The summed E-state index contributed by atoms with van der Waals surface area (Å²) in [4.78, 5) is 7.28. The van der Waals surface area contributed by atoms with E-state index in [9.17, 15) is 0 Å². The van der Waals surface area contributed by atoms with Crippen molar-refractivity contribution in [1.82, 2.24) is 9.97 Å². The maximum absolute atomic E-state index is 5.57. The highest BCUT2D eigenvalue weighted by Crippen LogP contribution is 2.51. The zero-order valence-electron chi connectivity index (χ0n) is 7.62. The monoisotopic (exact) mass is 197 g/mol. The standard InChI is InChI=1S/C9H15N3S/c10-4-3-9(1-2-9)7-13-8-11-5-6-12-8/h5-6H,1-4,7,10H2,(H,11,12). The highest BCUT2D eigenvalue weighted by molar-refractivity contribution is 7.99. The first-order chi connectivity index (χ1) is 6.35. The van der Waals surface area contributed by atoms with Crippen LogP contribution in [0.15, 0.2) is 17.6 Å². The molecule has 4 heteroatoms. The van der Waals surface area contributed by atoms with E-state index in [1.165, 1.54) is 19.3 Å². The quantitative estimate of drug-likeness (QED) is 0.705. The van der Waals surface area contributed by atoms with Gasteiger partial charge in [0.2, 0.25) is 0 Å². The number of nitrogens with zero attached hydrogens (tertiary/aromatic N) is 1. The predicted molar refractivity (Wildman–Crippen MR) is 54.7 cm³/mol. The van der Waals surface area contributed by atoms with E-state index >= 15 is 0 Å². The fourth-order valence-corrected chi connectivity index (χ4v) is 2.66. The first-order valence-electron chi connectivity index (χ1n) is 4.67. The molecule has 0 saturated heterocycles. The summed E-state index contributed by atoms with van der Waals surface area (Å²) in [7, 11) is 0. The van der Waals surface area contributed by atoms with Crippen LogP contribution in [0, 0.1) is 5.41 Å². The molecule has 1 fully saturated rings. The fourth-order valence-electron chi connectivity index (χ4n) is 1.50. The molecule has 1 aromatic heterocycles. The van der Waals surface area contributed by atoms with E-state index in [0.29, 0.717) is 5.41 Å². The van der Waals surface area contributed by atoms with Crippen molar-refractivity contribution >= 4 is 11.8 Å². The number of H-pyrrole nitrogens is 1. The summed E-state index contributed by atoms with van der Waals surface area (Å²) in [5, 5.41) is 1.03. The van der Waals surface area contributed by atoms with Crippen molar-refractivity contribution in [3.05, 3.63) is 12.4 Å². The molecule has 3 nitrogen and oxygen atoms in total. The van der Waals surface area contributed by atoms with Gasteiger partial charge in [-0.1, -0.05) is 11.8 Å². The molecule has 0 bridgehead atoms. The summed E-state index contributed by atoms with van der Waals surface area (Å²) in [6, 6.07) is 0. The molecule has 1 aliphatic rings. The van der Waals surface area contributed by atoms with E-state index in [-0.39, 0.29) is 0 Å². The SMILES string of the molecule is NCCC1(CSc2ncc[nH]2)CC1. The van der Waals surface area contributed by atoms with Crippen molar-refractivity contribution in [2.75, 3.05) is 12.3 Å². The van der Waals surface area contributed by atoms with Crippen LogP contribution < -0.4 is 5.73 Å². The Hall–Kier alpha value is -0.480. The molecular weight excluding hydrogens is 182 g/mol. The fraction of sp³-hybridized carbons (Fsp3) is 0.667. The maximum atomic E-state index is 5.57. The number of hydrogen-bond donors (Lipinski definition) is 2. The van der Waals surface area contributed by atoms with Gasteiger partial charge in [0.15, 0.2) is 5.16 Å². The number of aromatic nitrogens is 2. The van der Waals surface area contributed by atoms with Crippen molar-refractivity contribution in [3.63, 3.8) is 0 Å². The normalized spacial score (nSPS) is 18.8. The molecule has 2 rings (SSSR count).